The van der Waals surface area contributed by atoms with Crippen LogP contribution in [0.4, 0.5) is 29.3 Å². The van der Waals surface area contributed by atoms with Crippen molar-refractivity contribution < 1.29 is 27.5 Å². The largest absolute Gasteiger partial charge is 0.444 e. The van der Waals surface area contributed by atoms with Gasteiger partial charge in [-0.2, -0.15) is 0 Å². The van der Waals surface area contributed by atoms with E-state index in [2.05, 4.69) is 10.3 Å². The number of carbonyl (C=O) groups excluding carboxylic acids is 2. The molecule has 3 aromatic rings. The number of nitrogens with zero attached hydrogens (tertiary/aromatic N) is 3. The van der Waals surface area contributed by atoms with E-state index in [1.807, 2.05) is 19.1 Å². The van der Waals surface area contributed by atoms with Gasteiger partial charge in [0.15, 0.2) is 0 Å². The summed E-state index contributed by atoms with van der Waals surface area (Å²) in [5.41, 5.74) is 6.47. The van der Waals surface area contributed by atoms with E-state index in [0.717, 1.165) is 22.7 Å². The summed E-state index contributed by atoms with van der Waals surface area (Å²) >= 11 is 1.17. The zero-order valence-corrected chi connectivity index (χ0v) is 23.3. The number of ether oxygens (including phenoxy) is 1. The molecular weight excluding hydrogens is 531 g/mol. The van der Waals surface area contributed by atoms with E-state index in [1.54, 1.807) is 20.8 Å². The third-order valence-electron chi connectivity index (χ3n) is 6.47. The van der Waals surface area contributed by atoms with Gasteiger partial charge in [0.05, 0.1) is 24.0 Å². The molecule has 1 aliphatic heterocycles. The monoisotopic (exact) mass is 563 g/mol. The van der Waals surface area contributed by atoms with Crippen LogP contribution in [-0.2, 0) is 11.2 Å². The number of thiophene rings is 1. The van der Waals surface area contributed by atoms with E-state index in [0.29, 0.717) is 20.8 Å². The predicted molar refractivity (Wildman–Crippen MR) is 146 cm³/mol. The molecule has 0 aliphatic carbocycles. The third-order valence-corrected chi connectivity index (χ3v) is 7.59. The minimum Gasteiger partial charge on any atom is -0.444 e. The molecule has 1 fully saturated rings. The first-order valence-corrected chi connectivity index (χ1v) is 13.3. The second-order valence-corrected chi connectivity index (χ2v) is 11.6. The van der Waals surface area contributed by atoms with Gasteiger partial charge in [-0.15, -0.1) is 11.3 Å². The standard InChI is InChI=1S/C27H32F3N5O3S/c1-14-6-7-16-22(31)23(39-25(16)33-14)24(36)32-9-8-15-10-18(29)20(11-17(15)28)35-12-19(30)21(13-35)34(5)26(37)38-27(2,3)4/h6-7,10-11,19,21H,8-9,12-13,31H2,1-5H3,(H,32,36). The molecule has 3 N–H and O–H groups in total. The van der Waals surface area contributed by atoms with Crippen LogP contribution in [0.3, 0.4) is 0 Å². The Hall–Kier alpha value is -3.54. The number of nitrogen functional groups attached to an aromatic ring is 1. The van der Waals surface area contributed by atoms with Crippen LogP contribution in [0.25, 0.3) is 10.2 Å². The summed E-state index contributed by atoms with van der Waals surface area (Å²) in [7, 11) is 1.42. The predicted octanol–water partition coefficient (Wildman–Crippen LogP) is 4.83. The molecule has 210 valence electrons. The number of anilines is 2. The van der Waals surface area contributed by atoms with Crippen LogP contribution in [0.15, 0.2) is 24.3 Å². The number of hydrogen-bond acceptors (Lipinski definition) is 7. The smallest absolute Gasteiger partial charge is 0.410 e. The van der Waals surface area contributed by atoms with Crippen LogP contribution in [0.2, 0.25) is 0 Å². The summed E-state index contributed by atoms with van der Waals surface area (Å²) in [4.78, 5) is 32.9. The second kappa shape index (κ2) is 10.9. The Morgan fingerprint density at radius 1 is 1.23 bits per heavy atom. The fourth-order valence-corrected chi connectivity index (χ4v) is 5.49. The average Bonchev–Trinajstić information content (AvgIpc) is 3.38. The van der Waals surface area contributed by atoms with Crippen molar-refractivity contribution in [3.8, 4) is 0 Å². The summed E-state index contributed by atoms with van der Waals surface area (Å²) in [5.74, 6) is -1.82. The van der Waals surface area contributed by atoms with Gasteiger partial charge in [0.1, 0.15) is 33.1 Å². The number of alkyl halides is 1. The molecule has 1 aliphatic rings. The Labute approximate surface area is 228 Å². The van der Waals surface area contributed by atoms with E-state index in [1.165, 1.54) is 23.3 Å². The highest BCUT2D eigenvalue weighted by atomic mass is 32.1. The Balaban J connectivity index is 1.39. The summed E-state index contributed by atoms with van der Waals surface area (Å²) in [6.07, 6.45) is -2.13. The number of pyridine rings is 1. The van der Waals surface area contributed by atoms with Crippen molar-refractivity contribution in [2.75, 3.05) is 37.3 Å². The van der Waals surface area contributed by atoms with E-state index >= 15 is 4.39 Å². The third kappa shape index (κ3) is 6.21. The molecule has 0 radical (unpaired) electrons. The summed E-state index contributed by atoms with van der Waals surface area (Å²) in [6, 6.07) is 4.81. The van der Waals surface area contributed by atoms with Gasteiger partial charge >= 0.3 is 6.09 Å². The molecule has 12 heteroatoms. The van der Waals surface area contributed by atoms with Crippen molar-refractivity contribution in [2.45, 2.75) is 51.9 Å². The fourth-order valence-electron chi connectivity index (χ4n) is 4.44. The number of fused-ring (bicyclic) bond motifs is 1. The van der Waals surface area contributed by atoms with E-state index < -0.39 is 41.4 Å². The number of likely N-dealkylation sites (N-methyl/N-ethyl adjacent to an activating group) is 1. The molecule has 2 unspecified atom stereocenters. The molecule has 0 bridgehead atoms. The number of amides is 2. The first kappa shape index (κ1) is 28.5. The molecule has 1 aromatic carbocycles. The van der Waals surface area contributed by atoms with E-state index in [9.17, 15) is 18.4 Å². The lowest BCUT2D eigenvalue weighted by molar-refractivity contribution is 0.0183. The molecule has 3 heterocycles. The zero-order valence-electron chi connectivity index (χ0n) is 22.5. The fraction of sp³-hybridized carbons (Fsp3) is 0.444. The van der Waals surface area contributed by atoms with Gasteiger partial charge in [0, 0.05) is 37.3 Å². The molecule has 4 rings (SSSR count). The molecule has 2 amide bonds. The van der Waals surface area contributed by atoms with Crippen LogP contribution in [0.1, 0.15) is 41.7 Å². The minimum atomic E-state index is -1.47. The van der Waals surface area contributed by atoms with Crippen molar-refractivity contribution in [2.24, 2.45) is 0 Å². The molecule has 0 spiro atoms. The molecule has 2 aromatic heterocycles. The van der Waals surface area contributed by atoms with Gasteiger partial charge in [-0.1, -0.05) is 0 Å². The number of benzene rings is 1. The molecule has 1 saturated heterocycles. The molecular formula is C27H32F3N5O3S. The highest BCUT2D eigenvalue weighted by Crippen LogP contribution is 2.33. The van der Waals surface area contributed by atoms with Crippen LogP contribution in [0.5, 0.6) is 0 Å². The number of aryl methyl sites for hydroxylation is 1. The lowest BCUT2D eigenvalue weighted by Gasteiger charge is -2.29. The van der Waals surface area contributed by atoms with Crippen molar-refractivity contribution in [1.82, 2.24) is 15.2 Å². The SMILES string of the molecule is Cc1ccc2c(N)c(C(=O)NCCc3cc(F)c(N4CC(F)C(N(C)C(=O)OC(C)(C)C)C4)cc3F)sc2n1. The first-order valence-electron chi connectivity index (χ1n) is 12.5. The van der Waals surface area contributed by atoms with E-state index in [-0.39, 0.29) is 37.3 Å². The van der Waals surface area contributed by atoms with Gasteiger partial charge < -0.3 is 25.6 Å². The van der Waals surface area contributed by atoms with Crippen LogP contribution in [0, 0.1) is 18.6 Å². The Morgan fingerprint density at radius 2 is 1.95 bits per heavy atom. The highest BCUT2D eigenvalue weighted by molar-refractivity contribution is 7.21. The normalized spacial score (nSPS) is 17.5. The second-order valence-electron chi connectivity index (χ2n) is 10.6. The Morgan fingerprint density at radius 3 is 2.64 bits per heavy atom. The lowest BCUT2D eigenvalue weighted by atomic mass is 10.1. The van der Waals surface area contributed by atoms with Crippen molar-refractivity contribution in [3.63, 3.8) is 0 Å². The zero-order chi connectivity index (χ0) is 28.6. The van der Waals surface area contributed by atoms with Gasteiger partial charge in [-0.05, 0) is 57.9 Å². The van der Waals surface area contributed by atoms with Crippen molar-refractivity contribution in [3.05, 3.63) is 52.0 Å². The number of aromatic nitrogens is 1. The summed E-state index contributed by atoms with van der Waals surface area (Å²) in [6.45, 7) is 6.78. The number of rotatable bonds is 6. The topological polar surface area (TPSA) is 101 Å². The maximum Gasteiger partial charge on any atom is 0.410 e. The Kier molecular flexibility index (Phi) is 7.97. The van der Waals surface area contributed by atoms with E-state index in [4.69, 9.17) is 10.5 Å². The first-order chi connectivity index (χ1) is 18.2. The van der Waals surface area contributed by atoms with Gasteiger partial charge in [0.25, 0.3) is 5.91 Å². The number of halogens is 3. The molecule has 2 atom stereocenters. The average molecular weight is 564 g/mol. The van der Waals surface area contributed by atoms with Gasteiger partial charge in [0.2, 0.25) is 0 Å². The lowest BCUT2D eigenvalue weighted by Crippen LogP contribution is -2.45. The maximum atomic E-state index is 15.0. The van der Waals surface area contributed by atoms with Crippen LogP contribution >= 0.6 is 11.3 Å². The summed E-state index contributed by atoms with van der Waals surface area (Å²) < 4.78 is 50.1. The Bertz CT molecular complexity index is 1410. The number of hydrogen-bond donors (Lipinski definition) is 2. The molecule has 8 nitrogen and oxygen atoms in total. The number of carbonyl (C=O) groups is 2. The maximum absolute atomic E-state index is 15.0. The van der Waals surface area contributed by atoms with Gasteiger partial charge in [-0.3, -0.25) is 4.79 Å². The summed E-state index contributed by atoms with van der Waals surface area (Å²) in [5, 5.41) is 3.39. The quantitative estimate of drug-likeness (QED) is 0.446. The molecule has 39 heavy (non-hydrogen) atoms. The van der Waals surface area contributed by atoms with Crippen LogP contribution in [-0.4, -0.2) is 66.4 Å². The van der Waals surface area contributed by atoms with Crippen molar-refractivity contribution in [1.29, 1.82) is 0 Å². The minimum absolute atomic E-state index is 0.0202. The van der Waals surface area contributed by atoms with Crippen molar-refractivity contribution >= 4 is 44.9 Å². The van der Waals surface area contributed by atoms with Crippen LogP contribution < -0.4 is 16.0 Å². The van der Waals surface area contributed by atoms with Gasteiger partial charge in [-0.25, -0.2) is 22.9 Å². The highest BCUT2D eigenvalue weighted by Gasteiger charge is 2.40. The molecule has 0 saturated carbocycles. The number of nitrogens with two attached hydrogens (primary N) is 1. The number of nitrogens with one attached hydrogen (secondary N) is 1.